The molecule has 0 spiro atoms. The van der Waals surface area contributed by atoms with E-state index >= 15 is 0 Å². The highest BCUT2D eigenvalue weighted by Crippen LogP contribution is 2.38. The van der Waals surface area contributed by atoms with Crippen molar-refractivity contribution in [2.45, 2.75) is 89.2 Å². The number of nitrogens with zero attached hydrogens (tertiary/aromatic N) is 2. The number of hydrogen-bond donors (Lipinski definition) is 3. The van der Waals surface area contributed by atoms with Crippen molar-refractivity contribution < 1.29 is 49.4 Å². The summed E-state index contributed by atoms with van der Waals surface area (Å²) in [6.07, 6.45) is -9.14. The van der Waals surface area contributed by atoms with E-state index in [9.17, 15) is 44.7 Å². The molecule has 2 aliphatic carbocycles. The Hall–Kier alpha value is -3.98. The summed E-state index contributed by atoms with van der Waals surface area (Å²) in [5, 5.41) is 5.39. The number of H-pyrrole nitrogens is 1. The second-order valence-electron chi connectivity index (χ2n) is 12.0. The lowest BCUT2D eigenvalue weighted by Crippen LogP contribution is -2.40. The number of ether oxygens (including phenoxy) is 1. The highest BCUT2D eigenvalue weighted by Gasteiger charge is 2.41. The number of amides is 2. The molecule has 8 nitrogen and oxygen atoms in total. The molecule has 5 rings (SSSR count). The number of halogens is 8. The molecule has 47 heavy (non-hydrogen) atoms. The second-order valence-corrected chi connectivity index (χ2v) is 12.0. The SMILES string of the molecule is O=C(NC1CCC(C(F)(F)F)CC1)c1cc2[nH]c(Cc3cc(CNC(=O)C4CCCC4)ccc3C(F)(F)F)nc2nc1OCC(F)F. The molecular weight excluding hydrogens is 642 g/mol. The lowest BCUT2D eigenvalue weighted by Gasteiger charge is -2.30. The summed E-state index contributed by atoms with van der Waals surface area (Å²) in [6, 6.07) is 4.13. The van der Waals surface area contributed by atoms with Gasteiger partial charge in [0.1, 0.15) is 11.4 Å². The fourth-order valence-electron chi connectivity index (χ4n) is 6.18. The summed E-state index contributed by atoms with van der Waals surface area (Å²) in [7, 11) is 0. The van der Waals surface area contributed by atoms with Crippen LogP contribution in [0.2, 0.25) is 0 Å². The van der Waals surface area contributed by atoms with E-state index in [2.05, 4.69) is 25.6 Å². The molecule has 0 bridgehead atoms. The monoisotopic (exact) mass is 675 g/mol. The van der Waals surface area contributed by atoms with Crippen molar-refractivity contribution in [3.05, 3.63) is 52.3 Å². The van der Waals surface area contributed by atoms with Crippen LogP contribution >= 0.6 is 0 Å². The molecule has 256 valence electrons. The molecule has 0 radical (unpaired) electrons. The molecule has 16 heteroatoms. The van der Waals surface area contributed by atoms with Gasteiger partial charge in [-0.15, -0.1) is 0 Å². The van der Waals surface area contributed by atoms with Crippen molar-refractivity contribution in [1.82, 2.24) is 25.6 Å². The van der Waals surface area contributed by atoms with E-state index in [0.717, 1.165) is 31.7 Å². The van der Waals surface area contributed by atoms with Crippen LogP contribution in [0, 0.1) is 11.8 Å². The first-order valence-corrected chi connectivity index (χ1v) is 15.3. The number of carbonyl (C=O) groups excluding carboxylic acids is 2. The van der Waals surface area contributed by atoms with Crippen LogP contribution < -0.4 is 15.4 Å². The standard InChI is InChI=1S/C31H33F8N5O3/c32-24(33)15-47-29-21(28(46)41-20-8-6-19(7-9-20)30(34,35)36)13-23-26(44-29)43-25(42-23)12-18-11-16(5-10-22(18)31(37,38)39)14-40-27(45)17-3-1-2-4-17/h5,10-11,13,17,19-20,24H,1-4,6-9,12,14-15H2,(H,40,45)(H,41,46)(H,42,43,44). The van der Waals surface area contributed by atoms with Crippen LogP contribution in [-0.4, -0.2) is 52.0 Å². The first kappa shape index (κ1) is 34.4. The summed E-state index contributed by atoms with van der Waals surface area (Å²) in [4.78, 5) is 36.7. The molecular formula is C31H33F8N5O3. The molecule has 0 unspecified atom stereocenters. The van der Waals surface area contributed by atoms with Crippen molar-refractivity contribution in [2.24, 2.45) is 11.8 Å². The Labute approximate surface area is 264 Å². The van der Waals surface area contributed by atoms with Gasteiger partial charge in [0.25, 0.3) is 12.3 Å². The van der Waals surface area contributed by atoms with Gasteiger partial charge in [0.15, 0.2) is 12.3 Å². The van der Waals surface area contributed by atoms with Crippen molar-refractivity contribution >= 4 is 23.0 Å². The first-order chi connectivity index (χ1) is 22.2. The Kier molecular flexibility index (Phi) is 10.2. The molecule has 1 aromatic carbocycles. The van der Waals surface area contributed by atoms with E-state index in [0.29, 0.717) is 5.56 Å². The third-order valence-corrected chi connectivity index (χ3v) is 8.63. The van der Waals surface area contributed by atoms with Crippen LogP contribution in [0.15, 0.2) is 24.3 Å². The Morgan fingerprint density at radius 3 is 2.30 bits per heavy atom. The third-order valence-electron chi connectivity index (χ3n) is 8.63. The van der Waals surface area contributed by atoms with E-state index in [4.69, 9.17) is 4.74 Å². The quantitative estimate of drug-likeness (QED) is 0.204. The fraction of sp³-hybridized carbons (Fsp3) is 0.548. The average Bonchev–Trinajstić information content (AvgIpc) is 3.67. The van der Waals surface area contributed by atoms with E-state index in [-0.39, 0.29) is 78.6 Å². The van der Waals surface area contributed by atoms with E-state index in [1.54, 1.807) is 0 Å². The molecule has 2 saturated carbocycles. The number of carbonyl (C=O) groups is 2. The molecule has 0 saturated heterocycles. The molecule has 2 fully saturated rings. The van der Waals surface area contributed by atoms with Crippen LogP contribution in [0.4, 0.5) is 35.1 Å². The van der Waals surface area contributed by atoms with Crippen molar-refractivity contribution in [3.63, 3.8) is 0 Å². The van der Waals surface area contributed by atoms with Crippen LogP contribution in [0.1, 0.15) is 84.2 Å². The molecule has 2 heterocycles. The number of hydrogen-bond acceptors (Lipinski definition) is 5. The van der Waals surface area contributed by atoms with E-state index < -0.39 is 54.7 Å². The zero-order valence-electron chi connectivity index (χ0n) is 25.0. The smallest absolute Gasteiger partial charge is 0.416 e. The second kappa shape index (κ2) is 14.0. The van der Waals surface area contributed by atoms with Gasteiger partial charge in [-0.25, -0.2) is 13.8 Å². The van der Waals surface area contributed by atoms with Crippen molar-refractivity contribution in [2.75, 3.05) is 6.61 Å². The molecule has 2 aromatic heterocycles. The summed E-state index contributed by atoms with van der Waals surface area (Å²) in [5.41, 5.74) is -0.922. The van der Waals surface area contributed by atoms with Gasteiger partial charge in [-0.2, -0.15) is 31.3 Å². The topological polar surface area (TPSA) is 109 Å². The molecule has 0 aliphatic heterocycles. The number of aromatic nitrogens is 3. The lowest BCUT2D eigenvalue weighted by molar-refractivity contribution is -0.182. The molecule has 3 N–H and O–H groups in total. The maximum Gasteiger partial charge on any atom is 0.416 e. The Bertz CT molecular complexity index is 1580. The number of fused-ring (bicyclic) bond motifs is 1. The Morgan fingerprint density at radius 2 is 1.66 bits per heavy atom. The summed E-state index contributed by atoms with van der Waals surface area (Å²) in [5.74, 6) is -3.04. The molecule has 2 amide bonds. The fourth-order valence-corrected chi connectivity index (χ4v) is 6.18. The molecule has 0 atom stereocenters. The lowest BCUT2D eigenvalue weighted by atomic mass is 9.85. The first-order valence-electron chi connectivity index (χ1n) is 15.3. The third kappa shape index (κ3) is 8.69. The van der Waals surface area contributed by atoms with Gasteiger partial charge in [0.05, 0.1) is 17.0 Å². The minimum Gasteiger partial charge on any atom is -0.471 e. The minimum absolute atomic E-state index is 0.0213. The van der Waals surface area contributed by atoms with E-state index in [1.807, 2.05) is 0 Å². The number of benzene rings is 1. The van der Waals surface area contributed by atoms with Gasteiger partial charge in [-0.05, 0) is 61.8 Å². The van der Waals surface area contributed by atoms with Gasteiger partial charge < -0.3 is 20.4 Å². The molecule has 3 aromatic rings. The summed E-state index contributed by atoms with van der Waals surface area (Å²) < 4.78 is 112. The van der Waals surface area contributed by atoms with E-state index in [1.165, 1.54) is 18.2 Å². The van der Waals surface area contributed by atoms with Crippen molar-refractivity contribution in [1.29, 1.82) is 0 Å². The zero-order chi connectivity index (χ0) is 33.9. The van der Waals surface area contributed by atoms with Crippen LogP contribution in [0.3, 0.4) is 0 Å². The number of pyridine rings is 1. The number of imidazole rings is 1. The number of aromatic amines is 1. The van der Waals surface area contributed by atoms with Crippen LogP contribution in [0.5, 0.6) is 5.88 Å². The minimum atomic E-state index is -4.70. The largest absolute Gasteiger partial charge is 0.471 e. The van der Waals surface area contributed by atoms with Crippen LogP contribution in [0.25, 0.3) is 11.2 Å². The Morgan fingerprint density at radius 1 is 0.957 bits per heavy atom. The molecule has 2 aliphatic rings. The average molecular weight is 676 g/mol. The highest BCUT2D eigenvalue weighted by molar-refractivity contribution is 5.99. The maximum atomic E-state index is 13.9. The summed E-state index contributed by atoms with van der Waals surface area (Å²) in [6.45, 7) is -1.09. The number of nitrogens with one attached hydrogen (secondary N) is 3. The predicted molar refractivity (Wildman–Crippen MR) is 153 cm³/mol. The van der Waals surface area contributed by atoms with Gasteiger partial charge in [0.2, 0.25) is 11.8 Å². The van der Waals surface area contributed by atoms with Crippen LogP contribution in [-0.2, 0) is 23.9 Å². The maximum absolute atomic E-state index is 13.9. The number of rotatable bonds is 10. The van der Waals surface area contributed by atoms with Gasteiger partial charge >= 0.3 is 12.4 Å². The zero-order valence-corrected chi connectivity index (χ0v) is 25.0. The van der Waals surface area contributed by atoms with Gasteiger partial charge in [-0.3, -0.25) is 9.59 Å². The highest BCUT2D eigenvalue weighted by atomic mass is 19.4. The van der Waals surface area contributed by atoms with Gasteiger partial charge in [0, 0.05) is 24.9 Å². The number of alkyl halides is 8. The summed E-state index contributed by atoms with van der Waals surface area (Å²) >= 11 is 0. The normalized spacial score (nSPS) is 19.3. The van der Waals surface area contributed by atoms with Crippen molar-refractivity contribution in [3.8, 4) is 5.88 Å². The predicted octanol–water partition coefficient (Wildman–Crippen LogP) is 6.87. The van der Waals surface area contributed by atoms with Gasteiger partial charge in [-0.1, -0.05) is 25.0 Å². The Balaban J connectivity index is 1.37.